The molecule has 0 aromatic heterocycles. The zero-order valence-corrected chi connectivity index (χ0v) is 11.9. The molecular weight excluding hydrogens is 272 g/mol. The van der Waals surface area contributed by atoms with Crippen LogP contribution < -0.4 is 11.1 Å². The first-order valence-corrected chi connectivity index (χ1v) is 7.95. The van der Waals surface area contributed by atoms with Gasteiger partial charge < -0.3 is 15.9 Å². The van der Waals surface area contributed by atoms with E-state index in [0.29, 0.717) is 24.7 Å². The van der Waals surface area contributed by atoms with Crippen molar-refractivity contribution >= 4 is 11.9 Å². The molecule has 0 bridgehead atoms. The molecule has 6 nitrogen and oxygen atoms in total. The Bertz CT molecular complexity index is 502. The first kappa shape index (κ1) is 13.5. The number of rotatable bonds is 6. The molecule has 4 saturated carbocycles. The Balaban J connectivity index is 1.66. The molecule has 0 spiro atoms. The maximum Gasteiger partial charge on any atom is 0.308 e. The van der Waals surface area contributed by atoms with Gasteiger partial charge >= 0.3 is 11.9 Å². The van der Waals surface area contributed by atoms with E-state index < -0.39 is 35.0 Å². The van der Waals surface area contributed by atoms with E-state index in [1.54, 1.807) is 0 Å². The molecule has 116 valence electrons. The van der Waals surface area contributed by atoms with Crippen LogP contribution in [0.1, 0.15) is 38.5 Å². The summed E-state index contributed by atoms with van der Waals surface area (Å²) in [6, 6.07) is 0. The molecule has 4 rings (SSSR count). The van der Waals surface area contributed by atoms with Crippen LogP contribution in [0.5, 0.6) is 0 Å². The van der Waals surface area contributed by atoms with Crippen LogP contribution in [-0.4, -0.2) is 33.4 Å². The van der Waals surface area contributed by atoms with Gasteiger partial charge in [0.1, 0.15) is 0 Å². The number of nitrogens with two attached hydrogens (primary N) is 1. The average Bonchev–Trinajstić information content (AvgIpc) is 3.29. The van der Waals surface area contributed by atoms with Gasteiger partial charge in [-0.25, -0.2) is 0 Å². The second-order valence-corrected chi connectivity index (χ2v) is 7.43. The Morgan fingerprint density at radius 3 is 1.95 bits per heavy atom. The molecule has 4 atom stereocenters. The number of aliphatic carboxylic acids is 2. The molecule has 0 saturated heterocycles. The Kier molecular flexibility index (Phi) is 2.56. The fourth-order valence-electron chi connectivity index (χ4n) is 4.94. The highest BCUT2D eigenvalue weighted by molar-refractivity contribution is 5.83. The standard InChI is InChI=1S/C15H22N2O4/c16-15(7-1-2-7,8-3-4-8)17-14-9(11(14)13(20)21)5-6-10(14)12(18)19/h7-11,17H,1-6,16H2,(H,18,19)(H,20,21). The summed E-state index contributed by atoms with van der Waals surface area (Å²) in [6.45, 7) is 0. The summed E-state index contributed by atoms with van der Waals surface area (Å²) >= 11 is 0. The van der Waals surface area contributed by atoms with Crippen molar-refractivity contribution in [2.24, 2.45) is 35.3 Å². The molecule has 4 fully saturated rings. The minimum Gasteiger partial charge on any atom is -0.481 e. The van der Waals surface area contributed by atoms with Crippen LogP contribution in [0.4, 0.5) is 0 Å². The largest absolute Gasteiger partial charge is 0.481 e. The van der Waals surface area contributed by atoms with E-state index in [-0.39, 0.29) is 5.92 Å². The molecule has 4 aliphatic rings. The first-order chi connectivity index (χ1) is 9.91. The monoisotopic (exact) mass is 294 g/mol. The lowest BCUT2D eigenvalue weighted by Gasteiger charge is -2.38. The fourth-order valence-corrected chi connectivity index (χ4v) is 4.94. The number of fused-ring (bicyclic) bond motifs is 1. The number of carboxylic acid groups (broad SMARTS) is 2. The van der Waals surface area contributed by atoms with E-state index in [2.05, 4.69) is 5.32 Å². The van der Waals surface area contributed by atoms with Gasteiger partial charge in [-0.05, 0) is 56.3 Å². The fraction of sp³-hybridized carbons (Fsp3) is 0.867. The highest BCUT2D eigenvalue weighted by Crippen LogP contribution is 2.66. The van der Waals surface area contributed by atoms with Crippen molar-refractivity contribution in [1.29, 1.82) is 0 Å². The topological polar surface area (TPSA) is 113 Å². The van der Waals surface area contributed by atoms with Crippen LogP contribution in [0.3, 0.4) is 0 Å². The first-order valence-electron chi connectivity index (χ1n) is 7.95. The van der Waals surface area contributed by atoms with Crippen LogP contribution in [0.15, 0.2) is 0 Å². The molecule has 4 aliphatic carbocycles. The molecule has 0 aliphatic heterocycles. The maximum absolute atomic E-state index is 11.6. The van der Waals surface area contributed by atoms with E-state index >= 15 is 0 Å². The number of carbonyl (C=O) groups is 2. The normalized spacial score (nSPS) is 41.7. The third-order valence-electron chi connectivity index (χ3n) is 6.27. The van der Waals surface area contributed by atoms with Crippen molar-refractivity contribution in [3.8, 4) is 0 Å². The summed E-state index contributed by atoms with van der Waals surface area (Å²) in [4.78, 5) is 23.1. The number of carboxylic acids is 2. The third kappa shape index (κ3) is 1.72. The van der Waals surface area contributed by atoms with Gasteiger partial charge in [-0.1, -0.05) is 0 Å². The Hall–Kier alpha value is -1.14. The summed E-state index contributed by atoms with van der Waals surface area (Å²) in [5, 5.41) is 22.4. The van der Waals surface area contributed by atoms with Crippen molar-refractivity contribution < 1.29 is 19.8 Å². The predicted molar refractivity (Wildman–Crippen MR) is 73.2 cm³/mol. The molecule has 0 aromatic rings. The van der Waals surface area contributed by atoms with E-state index in [9.17, 15) is 19.8 Å². The molecule has 4 unspecified atom stereocenters. The lowest BCUT2D eigenvalue weighted by molar-refractivity contribution is -0.145. The molecule has 0 heterocycles. The lowest BCUT2D eigenvalue weighted by atomic mass is 9.89. The predicted octanol–water partition coefficient (Wildman–Crippen LogP) is 0.615. The van der Waals surface area contributed by atoms with Gasteiger partial charge in [-0.3, -0.25) is 14.9 Å². The van der Waals surface area contributed by atoms with Gasteiger partial charge in [0, 0.05) is 0 Å². The van der Waals surface area contributed by atoms with E-state index in [1.165, 1.54) is 0 Å². The lowest BCUT2D eigenvalue weighted by Crippen LogP contribution is -2.64. The molecule has 21 heavy (non-hydrogen) atoms. The van der Waals surface area contributed by atoms with Crippen LogP contribution in [0, 0.1) is 29.6 Å². The van der Waals surface area contributed by atoms with Crippen molar-refractivity contribution in [1.82, 2.24) is 5.32 Å². The van der Waals surface area contributed by atoms with Gasteiger partial charge in [-0.15, -0.1) is 0 Å². The molecular formula is C15H22N2O4. The summed E-state index contributed by atoms with van der Waals surface area (Å²) < 4.78 is 0. The highest BCUT2D eigenvalue weighted by Gasteiger charge is 2.78. The molecule has 0 aromatic carbocycles. The van der Waals surface area contributed by atoms with Crippen LogP contribution in [0.2, 0.25) is 0 Å². The average molecular weight is 294 g/mol. The second kappa shape index (κ2) is 3.98. The van der Waals surface area contributed by atoms with Crippen molar-refractivity contribution in [2.45, 2.75) is 49.7 Å². The van der Waals surface area contributed by atoms with Crippen LogP contribution >= 0.6 is 0 Å². The zero-order chi connectivity index (χ0) is 15.0. The smallest absolute Gasteiger partial charge is 0.308 e. The SMILES string of the molecule is NC(NC12C(C(=O)O)CCC1C2C(=O)O)(C1CC1)C1CC1. The van der Waals surface area contributed by atoms with Crippen LogP contribution in [-0.2, 0) is 9.59 Å². The number of hydrogen-bond donors (Lipinski definition) is 4. The van der Waals surface area contributed by atoms with E-state index in [4.69, 9.17) is 5.73 Å². The van der Waals surface area contributed by atoms with Gasteiger partial charge in [0.25, 0.3) is 0 Å². The Morgan fingerprint density at radius 1 is 1.00 bits per heavy atom. The molecule has 5 N–H and O–H groups in total. The molecule has 0 amide bonds. The minimum atomic E-state index is -0.886. The molecule has 0 radical (unpaired) electrons. The van der Waals surface area contributed by atoms with Crippen LogP contribution in [0.25, 0.3) is 0 Å². The van der Waals surface area contributed by atoms with Gasteiger partial charge in [0.2, 0.25) is 0 Å². The second-order valence-electron chi connectivity index (χ2n) is 7.43. The third-order valence-corrected chi connectivity index (χ3v) is 6.27. The molecule has 6 heteroatoms. The van der Waals surface area contributed by atoms with E-state index in [1.807, 2.05) is 0 Å². The minimum absolute atomic E-state index is 0.0727. The van der Waals surface area contributed by atoms with Crippen molar-refractivity contribution in [3.05, 3.63) is 0 Å². The summed E-state index contributed by atoms with van der Waals surface area (Å²) in [7, 11) is 0. The summed E-state index contributed by atoms with van der Waals surface area (Å²) in [5.41, 5.74) is 5.27. The van der Waals surface area contributed by atoms with Gasteiger partial charge in [0.05, 0.1) is 23.0 Å². The highest BCUT2D eigenvalue weighted by atomic mass is 16.4. The zero-order valence-electron chi connectivity index (χ0n) is 11.9. The summed E-state index contributed by atoms with van der Waals surface area (Å²) in [6.07, 6.45) is 5.49. The van der Waals surface area contributed by atoms with Gasteiger partial charge in [0.15, 0.2) is 0 Å². The maximum atomic E-state index is 11.6. The van der Waals surface area contributed by atoms with Gasteiger partial charge in [-0.2, -0.15) is 0 Å². The number of nitrogens with one attached hydrogen (secondary N) is 1. The summed E-state index contributed by atoms with van der Waals surface area (Å²) in [5.74, 6) is -2.29. The quantitative estimate of drug-likeness (QED) is 0.534. The number of hydrogen-bond acceptors (Lipinski definition) is 4. The van der Waals surface area contributed by atoms with Crippen molar-refractivity contribution in [3.63, 3.8) is 0 Å². The van der Waals surface area contributed by atoms with E-state index in [0.717, 1.165) is 25.7 Å². The Morgan fingerprint density at radius 2 is 1.57 bits per heavy atom. The van der Waals surface area contributed by atoms with Crippen molar-refractivity contribution in [2.75, 3.05) is 0 Å². The Labute approximate surface area is 123 Å².